The molecule has 2 N–H and O–H groups in total. The minimum absolute atomic E-state index is 0.100. The monoisotopic (exact) mass is 323 g/mol. The van der Waals surface area contributed by atoms with E-state index in [0.29, 0.717) is 11.1 Å². The molecule has 5 nitrogen and oxygen atoms in total. The van der Waals surface area contributed by atoms with E-state index < -0.39 is 5.97 Å². The summed E-state index contributed by atoms with van der Waals surface area (Å²) < 4.78 is 19.1. The Morgan fingerprint density at radius 3 is 2.64 bits per heavy atom. The van der Waals surface area contributed by atoms with E-state index >= 15 is 0 Å². The van der Waals surface area contributed by atoms with E-state index in [4.69, 9.17) is 22.1 Å². The highest BCUT2D eigenvalue weighted by Crippen LogP contribution is 2.21. The van der Waals surface area contributed by atoms with Gasteiger partial charge in [-0.25, -0.2) is 13.9 Å². The van der Waals surface area contributed by atoms with Crippen molar-refractivity contribution in [1.82, 2.24) is 4.68 Å². The van der Waals surface area contributed by atoms with Gasteiger partial charge in [0.15, 0.2) is 11.5 Å². The number of esters is 1. The molecule has 0 amide bonds. The van der Waals surface area contributed by atoms with Crippen molar-refractivity contribution in [2.75, 3.05) is 6.61 Å². The summed E-state index contributed by atoms with van der Waals surface area (Å²) >= 11 is 6.08. The van der Waals surface area contributed by atoms with Crippen LogP contribution in [-0.2, 0) is 4.74 Å². The minimum Gasteiger partial charge on any atom is -0.461 e. The maximum absolute atomic E-state index is 12.9. The maximum atomic E-state index is 12.9. The van der Waals surface area contributed by atoms with E-state index in [1.165, 1.54) is 28.9 Å². The fourth-order valence-electron chi connectivity index (χ4n) is 1.91. The molecule has 1 heterocycles. The average Bonchev–Trinajstić information content (AvgIpc) is 2.74. The van der Waals surface area contributed by atoms with Crippen molar-refractivity contribution in [2.45, 2.75) is 13.8 Å². The fraction of sp³-hybridized carbons (Fsp3) is 0.200. The van der Waals surface area contributed by atoms with Crippen LogP contribution in [0.1, 0.15) is 28.5 Å². The Morgan fingerprint density at radius 1 is 1.41 bits per heavy atom. The van der Waals surface area contributed by atoms with Crippen LogP contribution >= 0.6 is 11.6 Å². The summed E-state index contributed by atoms with van der Waals surface area (Å²) in [4.78, 5) is 12.0. The molecular weight excluding hydrogens is 309 g/mol. The van der Waals surface area contributed by atoms with E-state index in [1.54, 1.807) is 19.9 Å². The molecule has 1 aromatic heterocycles. The van der Waals surface area contributed by atoms with Crippen molar-refractivity contribution in [2.24, 2.45) is 10.8 Å². The third-order valence-corrected chi connectivity index (χ3v) is 3.21. The van der Waals surface area contributed by atoms with Crippen LogP contribution in [0.15, 0.2) is 35.4 Å². The molecule has 7 heteroatoms. The van der Waals surface area contributed by atoms with Crippen LogP contribution in [0.25, 0.3) is 0 Å². The lowest BCUT2D eigenvalue weighted by molar-refractivity contribution is 0.0514. The molecule has 0 radical (unpaired) electrons. The van der Waals surface area contributed by atoms with Crippen LogP contribution < -0.4 is 5.73 Å². The molecule has 2 aromatic rings. The molecule has 0 aliphatic rings. The number of nitrogens with two attached hydrogens (primary N) is 1. The zero-order chi connectivity index (χ0) is 16.3. The summed E-state index contributed by atoms with van der Waals surface area (Å²) in [5, 5.41) is 4.37. The highest BCUT2D eigenvalue weighted by Gasteiger charge is 2.19. The van der Waals surface area contributed by atoms with Gasteiger partial charge in [-0.05, 0) is 49.7 Å². The molecule has 0 aliphatic carbocycles. The second-order valence-corrected chi connectivity index (χ2v) is 4.91. The number of hydrogen-bond donors (Lipinski definition) is 1. The van der Waals surface area contributed by atoms with Gasteiger partial charge in [0.2, 0.25) is 0 Å². The number of carbonyl (C=O) groups is 1. The number of aryl methyl sites for hydroxylation is 1. The topological polar surface area (TPSA) is 69.6 Å². The van der Waals surface area contributed by atoms with Gasteiger partial charge in [0.25, 0.3) is 0 Å². The van der Waals surface area contributed by atoms with Gasteiger partial charge in [-0.1, -0.05) is 11.6 Å². The summed E-state index contributed by atoms with van der Waals surface area (Å²) in [6.07, 6.45) is 0. The van der Waals surface area contributed by atoms with Crippen LogP contribution in [0.2, 0.25) is 5.15 Å². The molecule has 0 saturated heterocycles. The molecule has 0 spiro atoms. The van der Waals surface area contributed by atoms with Gasteiger partial charge in [0, 0.05) is 5.56 Å². The van der Waals surface area contributed by atoms with Crippen LogP contribution in [-0.4, -0.2) is 23.1 Å². The first-order valence-corrected chi connectivity index (χ1v) is 6.97. The molecule has 0 saturated carbocycles. The molecule has 0 unspecified atom stereocenters. The first-order valence-electron chi connectivity index (χ1n) is 6.59. The first kappa shape index (κ1) is 16.0. The van der Waals surface area contributed by atoms with Crippen molar-refractivity contribution in [3.63, 3.8) is 0 Å². The lowest BCUT2D eigenvalue weighted by Crippen LogP contribution is -2.18. The lowest BCUT2D eigenvalue weighted by atomic mass is 10.2. The van der Waals surface area contributed by atoms with E-state index in [2.05, 4.69) is 5.10 Å². The number of halogens is 2. The van der Waals surface area contributed by atoms with E-state index in [-0.39, 0.29) is 29.1 Å². The van der Waals surface area contributed by atoms with Crippen molar-refractivity contribution < 1.29 is 13.9 Å². The minimum atomic E-state index is -0.539. The Hall–Kier alpha value is -2.34. The average molecular weight is 324 g/mol. The number of amidine groups is 1. The molecule has 0 aliphatic heterocycles. The van der Waals surface area contributed by atoms with Gasteiger partial charge in [-0.15, -0.1) is 5.10 Å². The molecule has 0 bridgehead atoms. The van der Waals surface area contributed by atoms with E-state index in [0.717, 1.165) is 0 Å². The number of hydrogen-bond acceptors (Lipinski definition) is 3. The molecule has 0 fully saturated rings. The van der Waals surface area contributed by atoms with Crippen LogP contribution in [0.4, 0.5) is 4.39 Å². The zero-order valence-electron chi connectivity index (χ0n) is 12.1. The number of benzene rings is 1. The van der Waals surface area contributed by atoms with Gasteiger partial charge >= 0.3 is 5.97 Å². The first-order chi connectivity index (χ1) is 10.4. The van der Waals surface area contributed by atoms with E-state index in [9.17, 15) is 9.18 Å². The Balaban J connectivity index is 2.46. The third-order valence-electron chi connectivity index (χ3n) is 2.94. The molecule has 0 atom stereocenters. The van der Waals surface area contributed by atoms with Crippen molar-refractivity contribution in [3.05, 3.63) is 58.1 Å². The molecule has 22 heavy (non-hydrogen) atoms. The Kier molecular flexibility index (Phi) is 4.82. The number of nitrogens with zero attached hydrogens (tertiary/aromatic N) is 2. The van der Waals surface area contributed by atoms with Crippen molar-refractivity contribution in [1.29, 1.82) is 0 Å². The number of ether oxygens (including phenoxy) is 1. The molecular formula is C15H15ClFN3O2. The maximum Gasteiger partial charge on any atom is 0.357 e. The summed E-state index contributed by atoms with van der Waals surface area (Å²) in [5.74, 6) is -0.816. The van der Waals surface area contributed by atoms with Crippen LogP contribution in [0, 0.1) is 12.7 Å². The van der Waals surface area contributed by atoms with Gasteiger partial charge in [0.05, 0.1) is 6.61 Å². The van der Waals surface area contributed by atoms with Gasteiger partial charge < -0.3 is 10.5 Å². The Morgan fingerprint density at radius 2 is 2.05 bits per heavy atom. The summed E-state index contributed by atoms with van der Waals surface area (Å²) in [6, 6.07) is 7.11. The smallest absolute Gasteiger partial charge is 0.357 e. The summed E-state index contributed by atoms with van der Waals surface area (Å²) in [7, 11) is 0. The number of rotatable bonds is 4. The number of carbonyl (C=O) groups excluding carboxylic acids is 1. The van der Waals surface area contributed by atoms with Crippen LogP contribution in [0.3, 0.4) is 0 Å². The number of aromatic nitrogens is 1. The van der Waals surface area contributed by atoms with E-state index in [1.807, 2.05) is 0 Å². The van der Waals surface area contributed by atoms with Crippen molar-refractivity contribution in [3.8, 4) is 0 Å². The third kappa shape index (κ3) is 3.28. The quantitative estimate of drug-likeness (QED) is 0.534. The predicted octanol–water partition coefficient (Wildman–Crippen LogP) is 2.93. The molecule has 116 valence electrons. The molecule has 2 rings (SSSR count). The largest absolute Gasteiger partial charge is 0.461 e. The van der Waals surface area contributed by atoms with Gasteiger partial charge in [-0.2, -0.15) is 0 Å². The van der Waals surface area contributed by atoms with Gasteiger partial charge in [-0.3, -0.25) is 0 Å². The highest BCUT2D eigenvalue weighted by molar-refractivity contribution is 6.30. The van der Waals surface area contributed by atoms with Crippen molar-refractivity contribution >= 4 is 23.4 Å². The standard InChI is InChI=1S/C15H15ClFN3O2/c1-3-22-15(21)13-9(2)8-12(16)20(13)19-14(18)10-4-6-11(17)7-5-10/h4-8H,3H2,1-2H3,(H2,18,19). The predicted molar refractivity (Wildman–Crippen MR) is 82.7 cm³/mol. The SMILES string of the molecule is CCOC(=O)c1c(C)cc(Cl)n1/N=C(\N)c1ccc(F)cc1. The Bertz CT molecular complexity index is 723. The normalized spacial score (nSPS) is 11.5. The zero-order valence-corrected chi connectivity index (χ0v) is 12.9. The van der Waals surface area contributed by atoms with Crippen LogP contribution in [0.5, 0.6) is 0 Å². The summed E-state index contributed by atoms with van der Waals surface area (Å²) in [6.45, 7) is 3.66. The van der Waals surface area contributed by atoms with Gasteiger partial charge in [0.1, 0.15) is 11.0 Å². The second kappa shape index (κ2) is 6.62. The fourth-order valence-corrected chi connectivity index (χ4v) is 2.20. The highest BCUT2D eigenvalue weighted by atomic mass is 35.5. The summed E-state index contributed by atoms with van der Waals surface area (Å²) in [5.41, 5.74) is 7.24. The second-order valence-electron chi connectivity index (χ2n) is 4.52. The lowest BCUT2D eigenvalue weighted by Gasteiger charge is -2.07. The molecule has 1 aromatic carbocycles. The Labute approximate surface area is 132 Å².